The molecule has 0 atom stereocenters. The molecule has 0 radical (unpaired) electrons. The molecule has 0 aliphatic carbocycles. The minimum Gasteiger partial charge on any atom is -0.319 e. The predicted molar refractivity (Wildman–Crippen MR) is 106 cm³/mol. The number of rotatable bonds is 2. The van der Waals surface area contributed by atoms with Crippen LogP contribution in [-0.2, 0) is 7.05 Å². The standard InChI is InChI=1S/C19H12ClN3O3S/c1-22-16-8-6-11-4-2-3-5-13(11)17(16)27-19(22)21-18(24)14-10-12(20)7-9-15(14)23(25)26/h2-10H,1H3. The molecule has 1 aromatic heterocycles. The summed E-state index contributed by atoms with van der Waals surface area (Å²) in [5.41, 5.74) is 0.489. The maximum Gasteiger partial charge on any atom is 0.286 e. The Morgan fingerprint density at radius 1 is 1.19 bits per heavy atom. The second kappa shape index (κ2) is 6.61. The van der Waals surface area contributed by atoms with E-state index in [-0.39, 0.29) is 16.3 Å². The van der Waals surface area contributed by atoms with Gasteiger partial charge in [0.2, 0.25) is 0 Å². The van der Waals surface area contributed by atoms with Crippen molar-refractivity contribution < 1.29 is 9.72 Å². The first-order valence-corrected chi connectivity index (χ1v) is 9.15. The molecule has 0 saturated heterocycles. The molecule has 0 fully saturated rings. The molecule has 8 heteroatoms. The van der Waals surface area contributed by atoms with Crippen molar-refractivity contribution in [3.63, 3.8) is 0 Å². The van der Waals surface area contributed by atoms with E-state index >= 15 is 0 Å². The lowest BCUT2D eigenvalue weighted by Crippen LogP contribution is -2.14. The second-order valence-corrected chi connectivity index (χ2v) is 7.33. The van der Waals surface area contributed by atoms with E-state index < -0.39 is 10.8 Å². The zero-order chi connectivity index (χ0) is 19.1. The van der Waals surface area contributed by atoms with Crippen molar-refractivity contribution >= 4 is 55.5 Å². The molecule has 134 valence electrons. The molecule has 0 aliphatic heterocycles. The first-order chi connectivity index (χ1) is 13.0. The van der Waals surface area contributed by atoms with E-state index in [1.54, 1.807) is 4.57 Å². The number of aromatic nitrogens is 1. The topological polar surface area (TPSA) is 77.5 Å². The van der Waals surface area contributed by atoms with Crippen LogP contribution in [0.4, 0.5) is 5.69 Å². The maximum absolute atomic E-state index is 12.6. The Morgan fingerprint density at radius 2 is 1.96 bits per heavy atom. The molecular formula is C19H12ClN3O3S. The second-order valence-electron chi connectivity index (χ2n) is 5.91. The summed E-state index contributed by atoms with van der Waals surface area (Å²) in [5.74, 6) is -0.698. The average Bonchev–Trinajstić information content (AvgIpc) is 2.97. The van der Waals surface area contributed by atoms with Crippen molar-refractivity contribution in [3.05, 3.63) is 80.1 Å². The van der Waals surface area contributed by atoms with Crippen LogP contribution >= 0.6 is 22.9 Å². The number of nitrogens with zero attached hydrogens (tertiary/aromatic N) is 3. The van der Waals surface area contributed by atoms with E-state index in [2.05, 4.69) is 4.99 Å². The molecular weight excluding hydrogens is 386 g/mol. The van der Waals surface area contributed by atoms with Crippen molar-refractivity contribution in [1.82, 2.24) is 4.57 Å². The summed E-state index contributed by atoms with van der Waals surface area (Å²) in [5, 5.41) is 13.6. The number of fused-ring (bicyclic) bond motifs is 3. The van der Waals surface area contributed by atoms with Gasteiger partial charge < -0.3 is 4.57 Å². The molecule has 27 heavy (non-hydrogen) atoms. The number of hydrogen-bond acceptors (Lipinski definition) is 4. The van der Waals surface area contributed by atoms with Gasteiger partial charge in [-0.15, -0.1) is 0 Å². The molecule has 3 aromatic carbocycles. The molecule has 0 aliphatic rings. The van der Waals surface area contributed by atoms with Gasteiger partial charge in [0.1, 0.15) is 5.56 Å². The van der Waals surface area contributed by atoms with Crippen LogP contribution in [0.3, 0.4) is 0 Å². The number of hydrogen-bond donors (Lipinski definition) is 0. The Bertz CT molecular complexity index is 1310. The predicted octanol–water partition coefficient (Wildman–Crippen LogP) is 4.70. The molecule has 0 N–H and O–H groups in total. The summed E-state index contributed by atoms with van der Waals surface area (Å²) in [4.78, 5) is 27.8. The van der Waals surface area contributed by atoms with Crippen molar-refractivity contribution in [2.24, 2.45) is 12.0 Å². The number of halogens is 1. The SMILES string of the molecule is Cn1c(=NC(=O)c2cc(Cl)ccc2[N+](=O)[O-])sc2c3ccccc3ccc21. The van der Waals surface area contributed by atoms with E-state index in [1.807, 2.05) is 43.4 Å². The van der Waals surface area contributed by atoms with Crippen LogP contribution in [0.1, 0.15) is 10.4 Å². The monoisotopic (exact) mass is 397 g/mol. The van der Waals surface area contributed by atoms with E-state index in [9.17, 15) is 14.9 Å². The third kappa shape index (κ3) is 3.01. The summed E-state index contributed by atoms with van der Waals surface area (Å²) in [6.07, 6.45) is 0. The number of thiazole rings is 1. The summed E-state index contributed by atoms with van der Waals surface area (Å²) >= 11 is 7.28. The minimum atomic E-state index is -0.698. The Kier molecular flexibility index (Phi) is 4.25. The highest BCUT2D eigenvalue weighted by molar-refractivity contribution is 7.17. The molecule has 1 amide bonds. The number of carbonyl (C=O) groups is 1. The van der Waals surface area contributed by atoms with Gasteiger partial charge in [0.25, 0.3) is 11.6 Å². The van der Waals surface area contributed by atoms with Gasteiger partial charge in [-0.3, -0.25) is 14.9 Å². The van der Waals surface area contributed by atoms with E-state index in [4.69, 9.17) is 11.6 Å². The lowest BCUT2D eigenvalue weighted by atomic mass is 10.1. The third-order valence-corrected chi connectivity index (χ3v) is 5.70. The Balaban J connectivity index is 1.92. The van der Waals surface area contributed by atoms with Crippen molar-refractivity contribution in [2.45, 2.75) is 0 Å². The highest BCUT2D eigenvalue weighted by Gasteiger charge is 2.20. The highest BCUT2D eigenvalue weighted by atomic mass is 35.5. The lowest BCUT2D eigenvalue weighted by Gasteiger charge is -2.00. The number of nitro groups is 1. The first-order valence-electron chi connectivity index (χ1n) is 7.96. The average molecular weight is 398 g/mol. The van der Waals surface area contributed by atoms with Crippen molar-refractivity contribution in [2.75, 3.05) is 0 Å². The van der Waals surface area contributed by atoms with Gasteiger partial charge >= 0.3 is 0 Å². The van der Waals surface area contributed by atoms with Gasteiger partial charge in [-0.25, -0.2) is 0 Å². The quantitative estimate of drug-likeness (QED) is 0.363. The molecule has 6 nitrogen and oxygen atoms in total. The molecule has 0 unspecified atom stereocenters. The highest BCUT2D eigenvalue weighted by Crippen LogP contribution is 2.27. The Labute approximate surface area is 162 Å². The summed E-state index contributed by atoms with van der Waals surface area (Å²) in [6.45, 7) is 0. The van der Waals surface area contributed by atoms with Crippen molar-refractivity contribution in [3.8, 4) is 0 Å². The Morgan fingerprint density at radius 3 is 2.74 bits per heavy atom. The molecule has 1 heterocycles. The van der Waals surface area contributed by atoms with Gasteiger partial charge in [0, 0.05) is 23.5 Å². The fraction of sp³-hybridized carbons (Fsp3) is 0.0526. The first kappa shape index (κ1) is 17.4. The fourth-order valence-corrected chi connectivity index (χ4v) is 4.27. The van der Waals surface area contributed by atoms with Gasteiger partial charge in [0.05, 0.1) is 15.1 Å². The zero-order valence-electron chi connectivity index (χ0n) is 14.0. The normalized spacial score (nSPS) is 12.0. The smallest absolute Gasteiger partial charge is 0.286 e. The third-order valence-electron chi connectivity index (χ3n) is 4.28. The molecule has 0 bridgehead atoms. The van der Waals surface area contributed by atoms with Crippen LogP contribution in [0.2, 0.25) is 5.02 Å². The van der Waals surface area contributed by atoms with E-state index in [1.165, 1.54) is 29.5 Å². The molecule has 4 rings (SSSR count). The minimum absolute atomic E-state index is 0.130. The number of amides is 1. The number of aryl methyl sites for hydroxylation is 1. The van der Waals surface area contributed by atoms with Crippen LogP contribution in [-0.4, -0.2) is 15.4 Å². The zero-order valence-corrected chi connectivity index (χ0v) is 15.6. The van der Waals surface area contributed by atoms with Gasteiger partial charge in [-0.1, -0.05) is 53.3 Å². The van der Waals surface area contributed by atoms with Crippen LogP contribution in [0.5, 0.6) is 0 Å². The van der Waals surface area contributed by atoms with Crippen LogP contribution in [0.15, 0.2) is 59.6 Å². The summed E-state index contributed by atoms with van der Waals surface area (Å²) in [7, 11) is 1.81. The van der Waals surface area contributed by atoms with Crippen LogP contribution in [0.25, 0.3) is 21.0 Å². The maximum atomic E-state index is 12.6. The number of carbonyl (C=O) groups excluding carboxylic acids is 1. The number of benzene rings is 3. The Hall–Kier alpha value is -3.03. The fourth-order valence-electron chi connectivity index (χ4n) is 2.95. The largest absolute Gasteiger partial charge is 0.319 e. The molecule has 4 aromatic rings. The van der Waals surface area contributed by atoms with Gasteiger partial charge in [-0.2, -0.15) is 4.99 Å². The van der Waals surface area contributed by atoms with Crippen LogP contribution < -0.4 is 4.80 Å². The van der Waals surface area contributed by atoms with E-state index in [0.717, 1.165) is 21.0 Å². The summed E-state index contributed by atoms with van der Waals surface area (Å²) in [6, 6.07) is 15.8. The molecule has 0 saturated carbocycles. The van der Waals surface area contributed by atoms with Crippen LogP contribution in [0, 0.1) is 10.1 Å². The number of nitro benzene ring substituents is 1. The van der Waals surface area contributed by atoms with Gasteiger partial charge in [0.15, 0.2) is 4.80 Å². The molecule has 0 spiro atoms. The van der Waals surface area contributed by atoms with Gasteiger partial charge in [-0.05, 0) is 23.6 Å². The van der Waals surface area contributed by atoms with Crippen molar-refractivity contribution in [1.29, 1.82) is 0 Å². The van der Waals surface area contributed by atoms with E-state index in [0.29, 0.717) is 4.80 Å². The lowest BCUT2D eigenvalue weighted by molar-refractivity contribution is -0.385. The summed E-state index contributed by atoms with van der Waals surface area (Å²) < 4.78 is 2.81.